The van der Waals surface area contributed by atoms with Gasteiger partial charge in [0.05, 0.1) is 0 Å². The molecule has 1 fully saturated rings. The van der Waals surface area contributed by atoms with E-state index in [0.29, 0.717) is 38.8 Å². The molecular formula is C16H24F3N5O4. The van der Waals surface area contributed by atoms with Crippen LogP contribution in [0.1, 0.15) is 26.5 Å². The number of piperazine rings is 1. The second-order valence-electron chi connectivity index (χ2n) is 7.26. The van der Waals surface area contributed by atoms with Gasteiger partial charge in [-0.15, -0.1) is 0 Å². The average Bonchev–Trinajstić information content (AvgIpc) is 3.02. The Hall–Kier alpha value is -2.50. The summed E-state index contributed by atoms with van der Waals surface area (Å²) in [6.45, 7) is 8.50. The summed E-state index contributed by atoms with van der Waals surface area (Å²) >= 11 is 0. The van der Waals surface area contributed by atoms with Crippen LogP contribution in [0.2, 0.25) is 0 Å². The number of carbonyl (C=O) groups is 2. The summed E-state index contributed by atoms with van der Waals surface area (Å²) < 4.78 is 47.0. The van der Waals surface area contributed by atoms with E-state index in [1.807, 2.05) is 0 Å². The van der Waals surface area contributed by atoms with Crippen LogP contribution in [0.15, 0.2) is 10.6 Å². The molecule has 1 saturated heterocycles. The van der Waals surface area contributed by atoms with Gasteiger partial charge in [-0.3, -0.25) is 10.2 Å². The van der Waals surface area contributed by atoms with Gasteiger partial charge in [0.2, 0.25) is 5.88 Å². The number of nitrogens with one attached hydrogen (secondary N) is 2. The predicted molar refractivity (Wildman–Crippen MR) is 92.8 cm³/mol. The highest BCUT2D eigenvalue weighted by Gasteiger charge is 2.35. The van der Waals surface area contributed by atoms with Gasteiger partial charge >= 0.3 is 18.3 Å². The summed E-state index contributed by atoms with van der Waals surface area (Å²) in [5, 5.41) is 7.52. The van der Waals surface area contributed by atoms with E-state index in [4.69, 9.17) is 4.74 Å². The summed E-state index contributed by atoms with van der Waals surface area (Å²) in [6, 6.07) is -0.0904. The number of hydrogen-bond acceptors (Lipinski definition) is 6. The minimum absolute atomic E-state index is 0.276. The van der Waals surface area contributed by atoms with Gasteiger partial charge in [-0.1, -0.05) is 5.16 Å². The number of alkyl halides is 3. The maximum Gasteiger partial charge on any atom is 0.436 e. The van der Waals surface area contributed by atoms with E-state index in [-0.39, 0.29) is 12.6 Å². The molecule has 0 saturated carbocycles. The molecule has 0 bridgehead atoms. The lowest BCUT2D eigenvalue weighted by Gasteiger charge is -2.35. The van der Waals surface area contributed by atoms with E-state index >= 15 is 0 Å². The molecule has 12 heteroatoms. The van der Waals surface area contributed by atoms with Crippen molar-refractivity contribution in [3.8, 4) is 0 Å². The summed E-state index contributed by atoms with van der Waals surface area (Å²) in [7, 11) is 0. The third-order valence-electron chi connectivity index (χ3n) is 3.77. The molecule has 3 amide bonds. The van der Waals surface area contributed by atoms with Crippen molar-refractivity contribution in [3.05, 3.63) is 11.8 Å². The summed E-state index contributed by atoms with van der Waals surface area (Å²) in [5.41, 5.74) is -1.76. The standard InChI is InChI=1S/C16H24F3N5O4/c1-15(2,3)27-14(26)24-8-6-23(7-9-24)5-4-20-13(25)21-12-10-11(22-28-12)16(17,18)19/h10H,4-9H2,1-3H3,(H2,20,21,25). The van der Waals surface area contributed by atoms with Crippen molar-refractivity contribution < 1.29 is 32.0 Å². The molecule has 1 aromatic heterocycles. The smallest absolute Gasteiger partial charge is 0.436 e. The topological polar surface area (TPSA) is 99.9 Å². The Morgan fingerprint density at radius 3 is 2.39 bits per heavy atom. The summed E-state index contributed by atoms with van der Waals surface area (Å²) in [4.78, 5) is 27.4. The van der Waals surface area contributed by atoms with Crippen LogP contribution in [0.4, 0.5) is 28.6 Å². The molecule has 2 heterocycles. The van der Waals surface area contributed by atoms with Crippen molar-refractivity contribution in [2.45, 2.75) is 32.5 Å². The molecule has 0 unspecified atom stereocenters. The normalized spacial score (nSPS) is 16.0. The van der Waals surface area contributed by atoms with Gasteiger partial charge in [0.25, 0.3) is 0 Å². The molecule has 1 aromatic rings. The Morgan fingerprint density at radius 1 is 1.21 bits per heavy atom. The average molecular weight is 407 g/mol. The number of ether oxygens (including phenoxy) is 1. The molecule has 2 N–H and O–H groups in total. The molecule has 2 rings (SSSR count). The van der Waals surface area contributed by atoms with Crippen LogP contribution in [-0.2, 0) is 10.9 Å². The Morgan fingerprint density at radius 2 is 1.86 bits per heavy atom. The van der Waals surface area contributed by atoms with Crippen LogP contribution in [0.3, 0.4) is 0 Å². The SMILES string of the molecule is CC(C)(C)OC(=O)N1CCN(CCNC(=O)Nc2cc(C(F)(F)F)no2)CC1. The Balaban J connectivity index is 1.65. The van der Waals surface area contributed by atoms with Gasteiger partial charge in [-0.05, 0) is 20.8 Å². The fraction of sp³-hybridized carbons (Fsp3) is 0.688. The number of urea groups is 1. The number of halogens is 3. The number of aromatic nitrogens is 1. The van der Waals surface area contributed by atoms with Crippen LogP contribution >= 0.6 is 0 Å². The molecule has 1 aliphatic heterocycles. The molecular weight excluding hydrogens is 383 g/mol. The Labute approximate surface area is 160 Å². The second kappa shape index (κ2) is 8.67. The number of hydrogen-bond donors (Lipinski definition) is 2. The first-order valence-electron chi connectivity index (χ1n) is 8.73. The van der Waals surface area contributed by atoms with Crippen molar-refractivity contribution in [2.24, 2.45) is 0 Å². The van der Waals surface area contributed by atoms with Crippen molar-refractivity contribution in [2.75, 3.05) is 44.6 Å². The van der Waals surface area contributed by atoms with Crippen LogP contribution in [0.5, 0.6) is 0 Å². The number of anilines is 1. The molecule has 0 atom stereocenters. The zero-order valence-corrected chi connectivity index (χ0v) is 15.9. The first-order chi connectivity index (χ1) is 12.9. The van der Waals surface area contributed by atoms with E-state index < -0.39 is 29.4 Å². The fourth-order valence-corrected chi connectivity index (χ4v) is 2.43. The summed E-state index contributed by atoms with van der Waals surface area (Å²) in [6.07, 6.45) is -4.99. The van der Waals surface area contributed by atoms with E-state index in [2.05, 4.69) is 25.2 Å². The first kappa shape index (κ1) is 21.8. The number of amides is 3. The van der Waals surface area contributed by atoms with Crippen molar-refractivity contribution in [3.63, 3.8) is 0 Å². The van der Waals surface area contributed by atoms with Gasteiger partial charge in [0.15, 0.2) is 5.69 Å². The maximum absolute atomic E-state index is 12.4. The minimum atomic E-state index is -4.64. The third kappa shape index (κ3) is 6.91. The lowest BCUT2D eigenvalue weighted by molar-refractivity contribution is -0.142. The monoisotopic (exact) mass is 407 g/mol. The molecule has 0 spiro atoms. The van der Waals surface area contributed by atoms with Gasteiger partial charge in [0.1, 0.15) is 5.60 Å². The largest absolute Gasteiger partial charge is 0.444 e. The van der Waals surface area contributed by atoms with Crippen LogP contribution in [0.25, 0.3) is 0 Å². The van der Waals surface area contributed by atoms with E-state index in [0.717, 1.165) is 0 Å². The molecule has 1 aliphatic rings. The molecule has 28 heavy (non-hydrogen) atoms. The molecule has 0 radical (unpaired) electrons. The van der Waals surface area contributed by atoms with Crippen LogP contribution in [0, 0.1) is 0 Å². The molecule has 0 aliphatic carbocycles. The second-order valence-corrected chi connectivity index (χ2v) is 7.26. The Kier molecular flexibility index (Phi) is 6.75. The van der Waals surface area contributed by atoms with Gasteiger partial charge in [-0.25, -0.2) is 9.59 Å². The predicted octanol–water partition coefficient (Wildman–Crippen LogP) is 2.37. The molecule has 158 valence electrons. The highest BCUT2D eigenvalue weighted by atomic mass is 19.4. The van der Waals surface area contributed by atoms with Gasteiger partial charge < -0.3 is 19.5 Å². The van der Waals surface area contributed by atoms with Gasteiger partial charge in [-0.2, -0.15) is 13.2 Å². The van der Waals surface area contributed by atoms with Crippen LogP contribution in [-0.4, -0.2) is 72.0 Å². The first-order valence-corrected chi connectivity index (χ1v) is 8.73. The zero-order valence-electron chi connectivity index (χ0n) is 15.9. The van der Waals surface area contributed by atoms with E-state index in [1.165, 1.54) is 0 Å². The highest BCUT2D eigenvalue weighted by Crippen LogP contribution is 2.29. The summed E-state index contributed by atoms with van der Waals surface area (Å²) in [5.74, 6) is -0.393. The maximum atomic E-state index is 12.4. The van der Waals surface area contributed by atoms with Crippen molar-refractivity contribution in [1.82, 2.24) is 20.3 Å². The van der Waals surface area contributed by atoms with Gasteiger partial charge in [0, 0.05) is 45.3 Å². The highest BCUT2D eigenvalue weighted by molar-refractivity contribution is 5.87. The van der Waals surface area contributed by atoms with E-state index in [1.54, 1.807) is 25.7 Å². The Bertz CT molecular complexity index is 679. The zero-order chi connectivity index (χ0) is 20.9. The third-order valence-corrected chi connectivity index (χ3v) is 3.77. The van der Waals surface area contributed by atoms with Crippen molar-refractivity contribution in [1.29, 1.82) is 0 Å². The number of rotatable bonds is 4. The fourth-order valence-electron chi connectivity index (χ4n) is 2.43. The molecule has 0 aromatic carbocycles. The van der Waals surface area contributed by atoms with Crippen molar-refractivity contribution >= 4 is 18.0 Å². The number of carbonyl (C=O) groups excluding carboxylic acids is 2. The lowest BCUT2D eigenvalue weighted by atomic mass is 10.2. The molecule has 9 nitrogen and oxygen atoms in total. The quantitative estimate of drug-likeness (QED) is 0.795. The van der Waals surface area contributed by atoms with Crippen LogP contribution < -0.4 is 10.6 Å². The lowest BCUT2D eigenvalue weighted by Crippen LogP contribution is -2.51. The minimum Gasteiger partial charge on any atom is -0.444 e. The number of nitrogens with zero attached hydrogens (tertiary/aromatic N) is 3. The van der Waals surface area contributed by atoms with E-state index in [9.17, 15) is 22.8 Å².